The molecule has 0 atom stereocenters. The maximum atomic E-state index is 9.42. The normalized spacial score (nSPS) is 9.60. The van der Waals surface area contributed by atoms with Crippen LogP contribution >= 0.6 is 23.1 Å². The SMILES string of the molecule is Oc1ccccc1-c1ncns1.Oc1ccccc1-c1ncns1.[Zn]. The van der Waals surface area contributed by atoms with Crippen molar-refractivity contribution in [1.82, 2.24) is 18.7 Å². The van der Waals surface area contributed by atoms with E-state index in [0.29, 0.717) is 0 Å². The summed E-state index contributed by atoms with van der Waals surface area (Å²) < 4.78 is 7.72. The monoisotopic (exact) mass is 420 g/mol. The number of hydrogen-bond acceptors (Lipinski definition) is 8. The summed E-state index contributed by atoms with van der Waals surface area (Å²) in [6.07, 6.45) is 2.96. The average molecular weight is 422 g/mol. The van der Waals surface area contributed by atoms with Gasteiger partial charge in [-0.1, -0.05) is 24.3 Å². The van der Waals surface area contributed by atoms with E-state index in [1.807, 2.05) is 24.3 Å². The van der Waals surface area contributed by atoms with Gasteiger partial charge in [-0.15, -0.1) is 0 Å². The number of rotatable bonds is 2. The number of hydrogen-bond donors (Lipinski definition) is 2. The molecular formula is C16H12N4O2S2Zn. The van der Waals surface area contributed by atoms with Crippen molar-refractivity contribution in [1.29, 1.82) is 0 Å². The van der Waals surface area contributed by atoms with Crippen LogP contribution in [0.2, 0.25) is 0 Å². The van der Waals surface area contributed by atoms with Crippen LogP contribution in [-0.4, -0.2) is 28.9 Å². The second-order valence-corrected chi connectivity index (χ2v) is 6.09. The minimum Gasteiger partial charge on any atom is -0.507 e. The quantitative estimate of drug-likeness (QED) is 0.478. The number of nitrogens with zero attached hydrogens (tertiary/aromatic N) is 4. The molecule has 4 rings (SSSR count). The van der Waals surface area contributed by atoms with Crippen molar-refractivity contribution in [3.05, 3.63) is 61.2 Å². The van der Waals surface area contributed by atoms with Crippen molar-refractivity contribution < 1.29 is 29.7 Å². The van der Waals surface area contributed by atoms with Gasteiger partial charge in [0.25, 0.3) is 0 Å². The summed E-state index contributed by atoms with van der Waals surface area (Å²) >= 11 is 2.54. The molecule has 25 heavy (non-hydrogen) atoms. The number of benzene rings is 2. The Hall–Kier alpha value is -2.22. The van der Waals surface area contributed by atoms with Crippen molar-refractivity contribution in [2.24, 2.45) is 0 Å². The summed E-state index contributed by atoms with van der Waals surface area (Å²) in [6.45, 7) is 0. The van der Waals surface area contributed by atoms with Crippen LogP contribution < -0.4 is 0 Å². The van der Waals surface area contributed by atoms with E-state index in [1.165, 1.54) is 35.7 Å². The number of aromatic hydroxyl groups is 2. The molecule has 9 heteroatoms. The summed E-state index contributed by atoms with van der Waals surface area (Å²) in [5.41, 5.74) is 1.47. The van der Waals surface area contributed by atoms with E-state index in [4.69, 9.17) is 0 Å². The van der Waals surface area contributed by atoms with Crippen LogP contribution in [0.4, 0.5) is 0 Å². The Morgan fingerprint density at radius 2 is 1.04 bits per heavy atom. The molecular weight excluding hydrogens is 410 g/mol. The minimum absolute atomic E-state index is 0. The fraction of sp³-hybridized carbons (Fsp3) is 0. The topological polar surface area (TPSA) is 92.0 Å². The first-order valence-corrected chi connectivity index (χ1v) is 8.40. The molecule has 0 bridgehead atoms. The van der Waals surface area contributed by atoms with Gasteiger partial charge >= 0.3 is 0 Å². The van der Waals surface area contributed by atoms with E-state index >= 15 is 0 Å². The molecule has 0 saturated carbocycles. The van der Waals surface area contributed by atoms with Crippen LogP contribution in [0.1, 0.15) is 0 Å². The fourth-order valence-electron chi connectivity index (χ4n) is 1.89. The zero-order chi connectivity index (χ0) is 16.8. The molecule has 0 radical (unpaired) electrons. The van der Waals surface area contributed by atoms with Crippen LogP contribution in [0.15, 0.2) is 61.2 Å². The molecule has 2 aromatic heterocycles. The summed E-state index contributed by atoms with van der Waals surface area (Å²) in [6, 6.07) is 14.2. The van der Waals surface area contributed by atoms with E-state index in [1.54, 1.807) is 24.3 Å². The number of para-hydroxylation sites is 2. The number of phenolic OH excluding ortho intramolecular Hbond substituents is 2. The van der Waals surface area contributed by atoms with Crippen molar-refractivity contribution in [2.45, 2.75) is 0 Å². The molecule has 0 unspecified atom stereocenters. The Bertz CT molecular complexity index is 826. The largest absolute Gasteiger partial charge is 0.507 e. The van der Waals surface area contributed by atoms with E-state index in [9.17, 15) is 10.2 Å². The van der Waals surface area contributed by atoms with Crippen LogP contribution in [0.3, 0.4) is 0 Å². The Balaban J connectivity index is 0.000000173. The molecule has 2 aromatic carbocycles. The van der Waals surface area contributed by atoms with E-state index < -0.39 is 0 Å². The summed E-state index contributed by atoms with van der Waals surface area (Å²) in [7, 11) is 0. The molecule has 6 nitrogen and oxygen atoms in total. The number of aromatic nitrogens is 4. The Labute approximate surface area is 165 Å². The van der Waals surface area contributed by atoms with Gasteiger partial charge in [-0.05, 0) is 47.3 Å². The van der Waals surface area contributed by atoms with Gasteiger partial charge in [0.1, 0.15) is 34.2 Å². The second-order valence-electron chi connectivity index (χ2n) is 4.53. The van der Waals surface area contributed by atoms with Crippen LogP contribution in [0.5, 0.6) is 11.5 Å². The maximum absolute atomic E-state index is 9.42. The van der Waals surface area contributed by atoms with Gasteiger partial charge in [-0.3, -0.25) is 0 Å². The first-order chi connectivity index (χ1) is 11.8. The van der Waals surface area contributed by atoms with Crippen LogP contribution in [0, 0.1) is 0 Å². The van der Waals surface area contributed by atoms with E-state index in [0.717, 1.165) is 21.1 Å². The van der Waals surface area contributed by atoms with Gasteiger partial charge in [-0.25, -0.2) is 9.97 Å². The summed E-state index contributed by atoms with van der Waals surface area (Å²) in [5.74, 6) is 0.489. The predicted molar refractivity (Wildman–Crippen MR) is 94.0 cm³/mol. The average Bonchev–Trinajstić information content (AvgIpc) is 3.30. The molecule has 0 fully saturated rings. The molecule has 4 aromatic rings. The van der Waals surface area contributed by atoms with E-state index in [-0.39, 0.29) is 31.0 Å². The molecule has 122 valence electrons. The zero-order valence-corrected chi connectivity index (χ0v) is 17.6. The summed E-state index contributed by atoms with van der Waals surface area (Å²) in [4.78, 5) is 7.99. The van der Waals surface area contributed by atoms with E-state index in [2.05, 4.69) is 18.7 Å². The molecule has 0 aliphatic carbocycles. The van der Waals surface area contributed by atoms with Crippen molar-refractivity contribution in [3.8, 4) is 32.6 Å². The van der Waals surface area contributed by atoms with Gasteiger partial charge < -0.3 is 10.2 Å². The molecule has 0 saturated heterocycles. The smallest absolute Gasteiger partial charge is 0.147 e. The predicted octanol–water partition coefficient (Wildman–Crippen LogP) is 3.82. The third kappa shape index (κ3) is 4.88. The second kappa shape index (κ2) is 9.31. The Morgan fingerprint density at radius 3 is 1.36 bits per heavy atom. The third-order valence-electron chi connectivity index (χ3n) is 2.99. The van der Waals surface area contributed by atoms with Gasteiger partial charge in [0.15, 0.2) is 0 Å². The first-order valence-electron chi connectivity index (χ1n) is 6.86. The van der Waals surface area contributed by atoms with Crippen molar-refractivity contribution in [3.63, 3.8) is 0 Å². The minimum atomic E-state index is 0. The Kier molecular flexibility index (Phi) is 7.12. The zero-order valence-electron chi connectivity index (χ0n) is 13.0. The molecule has 0 aliphatic rings. The molecule has 0 amide bonds. The van der Waals surface area contributed by atoms with Gasteiger partial charge in [-0.2, -0.15) is 8.75 Å². The molecule has 2 N–H and O–H groups in total. The van der Waals surface area contributed by atoms with Gasteiger partial charge in [0.05, 0.1) is 11.1 Å². The third-order valence-corrected chi connectivity index (χ3v) is 4.39. The standard InChI is InChI=1S/2C8H6N2OS.Zn/c2*11-7-4-2-1-3-6(7)8-9-5-10-12-8;/h2*1-5,11H;. The van der Waals surface area contributed by atoms with Gasteiger partial charge in [0.2, 0.25) is 0 Å². The fourth-order valence-corrected chi connectivity index (χ4v) is 3.01. The van der Waals surface area contributed by atoms with Crippen molar-refractivity contribution >= 4 is 23.1 Å². The molecule has 2 heterocycles. The number of phenols is 2. The van der Waals surface area contributed by atoms with Crippen LogP contribution in [-0.2, 0) is 19.5 Å². The van der Waals surface area contributed by atoms with Crippen LogP contribution in [0.25, 0.3) is 21.1 Å². The van der Waals surface area contributed by atoms with Crippen molar-refractivity contribution in [2.75, 3.05) is 0 Å². The first kappa shape index (κ1) is 19.1. The molecule has 0 aliphatic heterocycles. The van der Waals surface area contributed by atoms with Gasteiger partial charge in [0, 0.05) is 19.5 Å². The maximum Gasteiger partial charge on any atom is 0.147 e. The summed E-state index contributed by atoms with van der Waals surface area (Å²) in [5, 5.41) is 20.3. The molecule has 0 spiro atoms. The Morgan fingerprint density at radius 1 is 0.640 bits per heavy atom.